The Balaban J connectivity index is 2.52. The lowest BCUT2D eigenvalue weighted by atomic mass is 10.2. The molecule has 0 saturated carbocycles. The maximum absolute atomic E-state index is 10.2. The van der Waals surface area contributed by atoms with Gasteiger partial charge in [-0.3, -0.25) is 0 Å². The summed E-state index contributed by atoms with van der Waals surface area (Å²) < 4.78 is 10.7. The number of benzene rings is 1. The van der Waals surface area contributed by atoms with Gasteiger partial charge in [0.2, 0.25) is 0 Å². The van der Waals surface area contributed by atoms with E-state index in [2.05, 4.69) is 6.92 Å². The lowest BCUT2D eigenvalue weighted by Gasteiger charge is -2.22. The Morgan fingerprint density at radius 3 is 2.50 bits per heavy atom. The van der Waals surface area contributed by atoms with E-state index in [1.807, 2.05) is 30.3 Å². The van der Waals surface area contributed by atoms with Crippen LogP contribution in [0.1, 0.15) is 25.3 Å². The molecule has 0 spiro atoms. The van der Waals surface area contributed by atoms with Crippen molar-refractivity contribution in [2.75, 3.05) is 13.7 Å². The molecule has 0 aliphatic heterocycles. The standard InChI is InChI=1S/C12H20O3Si/c1-3-4-10-15-16(13,14-2)11-12-8-6-5-7-9-12/h5-9,13H,3-4,10-11H2,1-2H3. The summed E-state index contributed by atoms with van der Waals surface area (Å²) in [6.45, 7) is 2.66. The molecule has 0 amide bonds. The van der Waals surface area contributed by atoms with Crippen molar-refractivity contribution in [3.63, 3.8) is 0 Å². The normalized spacial score (nSPS) is 14.7. The first-order valence-electron chi connectivity index (χ1n) is 5.65. The van der Waals surface area contributed by atoms with Crippen LogP contribution in [0.3, 0.4) is 0 Å². The molecule has 1 unspecified atom stereocenters. The topological polar surface area (TPSA) is 38.7 Å². The Hall–Kier alpha value is -0.683. The van der Waals surface area contributed by atoms with Crippen LogP contribution in [-0.2, 0) is 14.9 Å². The van der Waals surface area contributed by atoms with Crippen LogP contribution < -0.4 is 0 Å². The predicted molar refractivity (Wildman–Crippen MR) is 66.0 cm³/mol. The van der Waals surface area contributed by atoms with Crippen molar-refractivity contribution in [3.05, 3.63) is 35.9 Å². The van der Waals surface area contributed by atoms with Gasteiger partial charge in [-0.2, -0.15) is 0 Å². The van der Waals surface area contributed by atoms with E-state index in [4.69, 9.17) is 8.85 Å². The van der Waals surface area contributed by atoms with Crippen LogP contribution in [0.2, 0.25) is 0 Å². The van der Waals surface area contributed by atoms with E-state index in [0.717, 1.165) is 18.4 Å². The highest BCUT2D eigenvalue weighted by atomic mass is 28.4. The highest BCUT2D eigenvalue weighted by molar-refractivity contribution is 6.58. The molecular formula is C12H20O3Si. The molecule has 0 heterocycles. The summed E-state index contributed by atoms with van der Waals surface area (Å²) in [5, 5.41) is 0. The van der Waals surface area contributed by atoms with E-state index in [-0.39, 0.29) is 0 Å². The Kier molecular flexibility index (Phi) is 5.69. The second-order valence-electron chi connectivity index (χ2n) is 3.78. The SMILES string of the molecule is CCCCO[Si](O)(Cc1ccccc1)OC. The molecule has 16 heavy (non-hydrogen) atoms. The van der Waals surface area contributed by atoms with Crippen LogP contribution in [-0.4, -0.2) is 27.3 Å². The second kappa shape index (κ2) is 6.80. The monoisotopic (exact) mass is 240 g/mol. The quantitative estimate of drug-likeness (QED) is 0.586. The van der Waals surface area contributed by atoms with Crippen molar-refractivity contribution >= 4 is 8.80 Å². The molecule has 4 heteroatoms. The molecule has 0 aliphatic rings. The molecule has 0 radical (unpaired) electrons. The molecule has 1 aromatic rings. The van der Waals surface area contributed by atoms with Gasteiger partial charge in [0, 0.05) is 19.8 Å². The predicted octanol–water partition coefficient (Wildman–Crippen LogP) is 2.16. The molecule has 0 aromatic heterocycles. The molecule has 1 rings (SSSR count). The Morgan fingerprint density at radius 1 is 1.25 bits per heavy atom. The van der Waals surface area contributed by atoms with E-state index < -0.39 is 8.80 Å². The lowest BCUT2D eigenvalue weighted by Crippen LogP contribution is -2.44. The number of hydrogen-bond donors (Lipinski definition) is 1. The van der Waals surface area contributed by atoms with Crippen LogP contribution in [0.25, 0.3) is 0 Å². The van der Waals surface area contributed by atoms with Crippen molar-refractivity contribution in [3.8, 4) is 0 Å². The van der Waals surface area contributed by atoms with Gasteiger partial charge in [-0.15, -0.1) is 0 Å². The van der Waals surface area contributed by atoms with Gasteiger partial charge in [-0.1, -0.05) is 43.7 Å². The fourth-order valence-electron chi connectivity index (χ4n) is 1.41. The smallest absolute Gasteiger partial charge is 0.390 e. The number of unbranched alkanes of at least 4 members (excludes halogenated alkanes) is 1. The summed E-state index contributed by atoms with van der Waals surface area (Å²) in [6, 6.07) is 10.3. The third kappa shape index (κ3) is 4.45. The van der Waals surface area contributed by atoms with E-state index in [1.165, 1.54) is 7.11 Å². The summed E-state index contributed by atoms with van der Waals surface area (Å²) in [5.74, 6) is 0. The van der Waals surface area contributed by atoms with Gasteiger partial charge in [0.1, 0.15) is 0 Å². The first kappa shape index (κ1) is 13.4. The molecule has 0 saturated heterocycles. The summed E-state index contributed by atoms with van der Waals surface area (Å²) >= 11 is 0. The number of hydrogen-bond acceptors (Lipinski definition) is 3. The lowest BCUT2D eigenvalue weighted by molar-refractivity contribution is 0.119. The maximum Gasteiger partial charge on any atom is 0.502 e. The van der Waals surface area contributed by atoms with Gasteiger partial charge >= 0.3 is 8.80 Å². The fourth-order valence-corrected chi connectivity index (χ4v) is 2.99. The van der Waals surface area contributed by atoms with Crippen LogP contribution in [0, 0.1) is 0 Å². The molecule has 1 atom stereocenters. The van der Waals surface area contributed by atoms with Gasteiger partial charge in [0.15, 0.2) is 0 Å². The summed E-state index contributed by atoms with van der Waals surface area (Å²) in [5.41, 5.74) is 1.05. The van der Waals surface area contributed by atoms with Crippen molar-refractivity contribution in [2.45, 2.75) is 25.8 Å². The molecule has 3 nitrogen and oxygen atoms in total. The van der Waals surface area contributed by atoms with E-state index >= 15 is 0 Å². The fraction of sp³-hybridized carbons (Fsp3) is 0.500. The molecule has 0 aliphatic carbocycles. The Bertz CT molecular complexity index is 292. The van der Waals surface area contributed by atoms with Crippen LogP contribution >= 0.6 is 0 Å². The summed E-state index contributed by atoms with van der Waals surface area (Å²) in [7, 11) is -1.49. The van der Waals surface area contributed by atoms with Crippen molar-refractivity contribution in [1.29, 1.82) is 0 Å². The zero-order valence-electron chi connectivity index (χ0n) is 9.98. The minimum absolute atomic E-state index is 0.480. The average molecular weight is 240 g/mol. The Morgan fingerprint density at radius 2 is 1.94 bits per heavy atom. The minimum atomic E-state index is -3.00. The van der Waals surface area contributed by atoms with Crippen molar-refractivity contribution in [2.24, 2.45) is 0 Å². The van der Waals surface area contributed by atoms with Crippen molar-refractivity contribution < 1.29 is 13.6 Å². The second-order valence-corrected chi connectivity index (χ2v) is 6.26. The third-order valence-electron chi connectivity index (χ3n) is 2.41. The molecule has 1 N–H and O–H groups in total. The van der Waals surface area contributed by atoms with E-state index in [1.54, 1.807) is 0 Å². The zero-order chi connectivity index (χ0) is 11.9. The maximum atomic E-state index is 10.2. The van der Waals surface area contributed by atoms with Crippen molar-refractivity contribution in [1.82, 2.24) is 0 Å². The van der Waals surface area contributed by atoms with Crippen LogP contribution in [0.5, 0.6) is 0 Å². The highest BCUT2D eigenvalue weighted by Gasteiger charge is 2.35. The molecule has 90 valence electrons. The first-order valence-corrected chi connectivity index (χ1v) is 7.62. The van der Waals surface area contributed by atoms with Crippen LogP contribution in [0.4, 0.5) is 0 Å². The van der Waals surface area contributed by atoms with Gasteiger partial charge in [0.05, 0.1) is 0 Å². The van der Waals surface area contributed by atoms with Gasteiger partial charge in [0.25, 0.3) is 0 Å². The largest absolute Gasteiger partial charge is 0.502 e. The average Bonchev–Trinajstić information content (AvgIpc) is 2.31. The molecule has 0 fully saturated rings. The summed E-state index contributed by atoms with van der Waals surface area (Å²) in [4.78, 5) is 10.2. The van der Waals surface area contributed by atoms with E-state index in [9.17, 15) is 4.80 Å². The molecule has 0 bridgehead atoms. The highest BCUT2D eigenvalue weighted by Crippen LogP contribution is 2.12. The first-order chi connectivity index (χ1) is 7.70. The van der Waals surface area contributed by atoms with Gasteiger partial charge < -0.3 is 13.6 Å². The van der Waals surface area contributed by atoms with Crippen LogP contribution in [0.15, 0.2) is 30.3 Å². The number of rotatable bonds is 7. The zero-order valence-corrected chi connectivity index (χ0v) is 11.0. The van der Waals surface area contributed by atoms with Gasteiger partial charge in [-0.05, 0) is 12.0 Å². The third-order valence-corrected chi connectivity index (χ3v) is 4.56. The van der Waals surface area contributed by atoms with Gasteiger partial charge in [-0.25, -0.2) is 0 Å². The van der Waals surface area contributed by atoms with E-state index in [0.29, 0.717) is 12.7 Å². The summed E-state index contributed by atoms with van der Waals surface area (Å²) in [6.07, 6.45) is 2.01. The molecular weight excluding hydrogens is 220 g/mol. The minimum Gasteiger partial charge on any atom is -0.390 e. The molecule has 1 aromatic carbocycles. The Labute approximate surface area is 98.4 Å².